The smallest absolute Gasteiger partial charge is 0.316 e. The van der Waals surface area contributed by atoms with Crippen molar-refractivity contribution in [2.24, 2.45) is 11.8 Å². The monoisotopic (exact) mass is 214 g/mol. The van der Waals surface area contributed by atoms with Crippen LogP contribution in [-0.4, -0.2) is 31.9 Å². The van der Waals surface area contributed by atoms with E-state index < -0.39 is 11.9 Å². The Hall–Kier alpha value is -1.39. The third-order valence-electron chi connectivity index (χ3n) is 2.67. The summed E-state index contributed by atoms with van der Waals surface area (Å²) >= 11 is 0. The van der Waals surface area contributed by atoms with Gasteiger partial charge >= 0.3 is 11.9 Å². The van der Waals surface area contributed by atoms with E-state index in [1.165, 1.54) is 14.2 Å². The van der Waals surface area contributed by atoms with Crippen molar-refractivity contribution in [3.8, 4) is 0 Å². The highest BCUT2D eigenvalue weighted by molar-refractivity contribution is 6.00. The molecule has 0 radical (unpaired) electrons. The summed E-state index contributed by atoms with van der Waals surface area (Å²) < 4.78 is 9.09. The van der Waals surface area contributed by atoms with Gasteiger partial charge in [-0.3, -0.25) is 14.4 Å². The van der Waals surface area contributed by atoms with Crippen LogP contribution in [-0.2, 0) is 23.9 Å². The first kappa shape index (κ1) is 11.7. The number of ether oxygens (including phenoxy) is 2. The predicted molar refractivity (Wildman–Crippen MR) is 49.9 cm³/mol. The molecule has 0 aromatic heterocycles. The highest BCUT2D eigenvalue weighted by Crippen LogP contribution is 2.28. The molecule has 0 aromatic rings. The van der Waals surface area contributed by atoms with Crippen LogP contribution in [0.5, 0.6) is 0 Å². The maximum Gasteiger partial charge on any atom is 0.316 e. The van der Waals surface area contributed by atoms with Crippen LogP contribution in [0.15, 0.2) is 0 Å². The Morgan fingerprint density at radius 2 is 1.80 bits per heavy atom. The third kappa shape index (κ3) is 2.55. The second-order valence-electron chi connectivity index (χ2n) is 3.54. The summed E-state index contributed by atoms with van der Waals surface area (Å²) in [6.07, 6.45) is 0.900. The van der Waals surface area contributed by atoms with Gasteiger partial charge in [0.1, 0.15) is 11.7 Å². The van der Waals surface area contributed by atoms with Gasteiger partial charge in [-0.15, -0.1) is 0 Å². The van der Waals surface area contributed by atoms with Crippen molar-refractivity contribution in [3.05, 3.63) is 0 Å². The number of ketones is 1. The Morgan fingerprint density at radius 1 is 1.20 bits per heavy atom. The largest absolute Gasteiger partial charge is 0.469 e. The topological polar surface area (TPSA) is 69.7 Å². The molecule has 0 heterocycles. The van der Waals surface area contributed by atoms with E-state index in [1.54, 1.807) is 0 Å². The lowest BCUT2D eigenvalue weighted by Gasteiger charge is -2.24. The van der Waals surface area contributed by atoms with E-state index in [-0.39, 0.29) is 30.5 Å². The highest BCUT2D eigenvalue weighted by Gasteiger charge is 2.37. The number of Topliss-reactive ketones (excluding diaryl/α,β-unsaturated/α-hetero) is 1. The standard InChI is InChI=1S/C10H14O5/c1-14-9(12)6-3-4-8(11)7(5-6)10(13)15-2/h6-7H,3-5H2,1-2H3/t6-,7+/m0/s1. The van der Waals surface area contributed by atoms with Gasteiger partial charge in [-0.05, 0) is 12.8 Å². The maximum atomic E-state index is 11.4. The summed E-state index contributed by atoms with van der Waals surface area (Å²) in [6.45, 7) is 0. The summed E-state index contributed by atoms with van der Waals surface area (Å²) in [4.78, 5) is 33.9. The van der Waals surface area contributed by atoms with Crippen LogP contribution in [0.4, 0.5) is 0 Å². The molecule has 0 spiro atoms. The molecule has 5 heteroatoms. The Balaban J connectivity index is 2.68. The van der Waals surface area contributed by atoms with E-state index in [1.807, 2.05) is 0 Å². The molecule has 1 fully saturated rings. The normalized spacial score (nSPS) is 25.9. The van der Waals surface area contributed by atoms with Crippen molar-refractivity contribution in [2.45, 2.75) is 19.3 Å². The van der Waals surface area contributed by atoms with Crippen LogP contribution < -0.4 is 0 Å². The molecule has 1 saturated carbocycles. The van der Waals surface area contributed by atoms with Crippen LogP contribution in [0.3, 0.4) is 0 Å². The second-order valence-corrected chi connectivity index (χ2v) is 3.54. The van der Waals surface area contributed by atoms with Gasteiger partial charge in [-0.2, -0.15) is 0 Å². The van der Waals surface area contributed by atoms with E-state index in [0.717, 1.165) is 0 Å². The van der Waals surface area contributed by atoms with Gasteiger partial charge in [0, 0.05) is 6.42 Å². The molecular formula is C10H14O5. The van der Waals surface area contributed by atoms with Crippen LogP contribution in [0.25, 0.3) is 0 Å². The van der Waals surface area contributed by atoms with Gasteiger partial charge in [0.2, 0.25) is 0 Å². The lowest BCUT2D eigenvalue weighted by Crippen LogP contribution is -2.35. The summed E-state index contributed by atoms with van der Waals surface area (Å²) in [5, 5.41) is 0. The first-order chi connectivity index (χ1) is 7.10. The van der Waals surface area contributed by atoms with Crippen LogP contribution in [0.1, 0.15) is 19.3 Å². The molecule has 0 N–H and O–H groups in total. The molecule has 2 atom stereocenters. The van der Waals surface area contributed by atoms with Crippen LogP contribution >= 0.6 is 0 Å². The van der Waals surface area contributed by atoms with Gasteiger partial charge in [-0.25, -0.2) is 0 Å². The maximum absolute atomic E-state index is 11.4. The molecule has 0 amide bonds. The third-order valence-corrected chi connectivity index (χ3v) is 2.67. The Bertz CT molecular complexity index is 276. The van der Waals surface area contributed by atoms with Gasteiger partial charge < -0.3 is 9.47 Å². The Labute approximate surface area is 87.7 Å². The van der Waals surface area contributed by atoms with E-state index in [4.69, 9.17) is 0 Å². The fourth-order valence-corrected chi connectivity index (χ4v) is 1.78. The Kier molecular flexibility index (Phi) is 3.82. The molecule has 0 aliphatic heterocycles. The number of esters is 2. The van der Waals surface area contributed by atoms with Gasteiger partial charge in [0.15, 0.2) is 0 Å². The average Bonchev–Trinajstić information content (AvgIpc) is 2.27. The van der Waals surface area contributed by atoms with Crippen molar-refractivity contribution in [2.75, 3.05) is 14.2 Å². The highest BCUT2D eigenvalue weighted by atomic mass is 16.5. The minimum atomic E-state index is -0.798. The Morgan fingerprint density at radius 3 is 2.33 bits per heavy atom. The fraction of sp³-hybridized carbons (Fsp3) is 0.700. The van der Waals surface area contributed by atoms with Crippen molar-refractivity contribution in [1.29, 1.82) is 0 Å². The lowest BCUT2D eigenvalue weighted by atomic mass is 9.80. The molecule has 84 valence electrons. The summed E-state index contributed by atoms with van der Waals surface area (Å²) in [6, 6.07) is 0. The number of carbonyl (C=O) groups is 3. The molecule has 0 saturated heterocycles. The zero-order chi connectivity index (χ0) is 11.4. The summed E-state index contributed by atoms with van der Waals surface area (Å²) in [5.41, 5.74) is 0. The van der Waals surface area contributed by atoms with Gasteiger partial charge in [0.25, 0.3) is 0 Å². The second kappa shape index (κ2) is 4.91. The SMILES string of the molecule is COC(=O)[C@H]1CCC(=O)[C@H](C(=O)OC)C1. The molecule has 0 bridgehead atoms. The molecule has 0 aromatic carbocycles. The predicted octanol–water partition coefficient (Wildman–Crippen LogP) is 0.318. The minimum absolute atomic E-state index is 0.151. The van der Waals surface area contributed by atoms with Crippen molar-refractivity contribution in [1.82, 2.24) is 0 Å². The van der Waals surface area contributed by atoms with E-state index in [2.05, 4.69) is 9.47 Å². The fourth-order valence-electron chi connectivity index (χ4n) is 1.78. The summed E-state index contributed by atoms with van der Waals surface area (Å²) in [7, 11) is 2.53. The molecule has 0 unspecified atom stereocenters. The average molecular weight is 214 g/mol. The van der Waals surface area contributed by atoms with E-state index >= 15 is 0 Å². The van der Waals surface area contributed by atoms with Crippen LogP contribution in [0, 0.1) is 11.8 Å². The molecule has 5 nitrogen and oxygen atoms in total. The van der Waals surface area contributed by atoms with Crippen molar-refractivity contribution < 1.29 is 23.9 Å². The number of hydrogen-bond acceptors (Lipinski definition) is 5. The molecular weight excluding hydrogens is 200 g/mol. The summed E-state index contributed by atoms with van der Waals surface area (Å²) in [5.74, 6) is -2.24. The first-order valence-corrected chi connectivity index (χ1v) is 4.78. The lowest BCUT2D eigenvalue weighted by molar-refractivity contribution is -0.155. The zero-order valence-corrected chi connectivity index (χ0v) is 8.82. The zero-order valence-electron chi connectivity index (χ0n) is 8.82. The first-order valence-electron chi connectivity index (χ1n) is 4.78. The number of methoxy groups -OCH3 is 2. The van der Waals surface area contributed by atoms with Gasteiger partial charge in [0.05, 0.1) is 20.1 Å². The van der Waals surface area contributed by atoms with E-state index in [9.17, 15) is 14.4 Å². The van der Waals surface area contributed by atoms with Gasteiger partial charge in [-0.1, -0.05) is 0 Å². The van der Waals surface area contributed by atoms with E-state index in [0.29, 0.717) is 6.42 Å². The van der Waals surface area contributed by atoms with Crippen molar-refractivity contribution in [3.63, 3.8) is 0 Å². The number of rotatable bonds is 2. The quantitative estimate of drug-likeness (QED) is 0.489. The molecule has 1 rings (SSSR count). The molecule has 1 aliphatic carbocycles. The molecule has 1 aliphatic rings. The minimum Gasteiger partial charge on any atom is -0.469 e. The van der Waals surface area contributed by atoms with Crippen molar-refractivity contribution >= 4 is 17.7 Å². The number of hydrogen-bond donors (Lipinski definition) is 0. The van der Waals surface area contributed by atoms with Crippen LogP contribution in [0.2, 0.25) is 0 Å². The molecule has 15 heavy (non-hydrogen) atoms. The number of carbonyl (C=O) groups excluding carboxylic acids is 3.